The number of hydrogen-bond acceptors (Lipinski definition) is 3. The molecule has 0 radical (unpaired) electrons. The van der Waals surface area contributed by atoms with Gasteiger partial charge in [-0.05, 0) is 63.6 Å². The van der Waals surface area contributed by atoms with E-state index in [0.29, 0.717) is 0 Å². The van der Waals surface area contributed by atoms with E-state index in [1.807, 2.05) is 37.3 Å². The van der Waals surface area contributed by atoms with Gasteiger partial charge in [-0.15, -0.1) is 11.3 Å². The van der Waals surface area contributed by atoms with E-state index in [2.05, 4.69) is 37.4 Å². The van der Waals surface area contributed by atoms with Gasteiger partial charge in [0.1, 0.15) is 5.75 Å². The number of hydrogen-bond donors (Lipinski definition) is 1. The van der Waals surface area contributed by atoms with Gasteiger partial charge in [-0.3, -0.25) is 0 Å². The molecule has 1 aromatic carbocycles. The van der Waals surface area contributed by atoms with Crippen molar-refractivity contribution in [2.75, 3.05) is 5.32 Å². The molecule has 0 unspecified atom stereocenters. The van der Waals surface area contributed by atoms with Crippen molar-refractivity contribution in [3.8, 4) is 5.75 Å². The summed E-state index contributed by atoms with van der Waals surface area (Å²) in [5, 5.41) is 3.45. The summed E-state index contributed by atoms with van der Waals surface area (Å²) < 4.78 is 5.63. The predicted octanol–water partition coefficient (Wildman–Crippen LogP) is 4.76. The smallest absolute Gasteiger partial charge is 0.119 e. The molecule has 1 aromatic heterocycles. The number of ether oxygens (including phenoxy) is 1. The fourth-order valence-corrected chi connectivity index (χ4v) is 2.93. The number of thiophene rings is 1. The molecule has 1 heterocycles. The molecule has 0 aliphatic rings. The monoisotopic (exact) mass is 275 g/mol. The zero-order valence-corrected chi connectivity index (χ0v) is 12.8. The van der Waals surface area contributed by atoms with Gasteiger partial charge in [-0.2, -0.15) is 0 Å². The zero-order chi connectivity index (χ0) is 13.8. The Morgan fingerprint density at radius 1 is 1.16 bits per heavy atom. The van der Waals surface area contributed by atoms with Crippen molar-refractivity contribution in [1.82, 2.24) is 0 Å². The number of aryl methyl sites for hydroxylation is 2. The standard InChI is InChI=1S/C16H21NOS/c1-11(2)18-16-7-5-15(6-8-16)17-10-14-9-12(3)19-13(14)4/h5-9,11,17H,10H2,1-4H3. The molecule has 0 saturated carbocycles. The van der Waals surface area contributed by atoms with Gasteiger partial charge >= 0.3 is 0 Å². The van der Waals surface area contributed by atoms with Crippen LogP contribution in [-0.4, -0.2) is 6.10 Å². The molecule has 19 heavy (non-hydrogen) atoms. The largest absolute Gasteiger partial charge is 0.491 e. The Hall–Kier alpha value is -1.48. The predicted molar refractivity (Wildman–Crippen MR) is 83.3 cm³/mol. The summed E-state index contributed by atoms with van der Waals surface area (Å²) >= 11 is 1.85. The molecule has 0 amide bonds. The van der Waals surface area contributed by atoms with E-state index < -0.39 is 0 Å². The number of benzene rings is 1. The van der Waals surface area contributed by atoms with Crippen LogP contribution in [-0.2, 0) is 6.54 Å². The lowest BCUT2D eigenvalue weighted by Crippen LogP contribution is -2.05. The average molecular weight is 275 g/mol. The molecular formula is C16H21NOS. The van der Waals surface area contributed by atoms with Crippen LogP contribution in [0, 0.1) is 13.8 Å². The first-order valence-corrected chi connectivity index (χ1v) is 7.43. The molecule has 1 N–H and O–H groups in total. The van der Waals surface area contributed by atoms with Gasteiger partial charge in [0.15, 0.2) is 0 Å². The second kappa shape index (κ2) is 6.11. The highest BCUT2D eigenvalue weighted by atomic mass is 32.1. The topological polar surface area (TPSA) is 21.3 Å². The summed E-state index contributed by atoms with van der Waals surface area (Å²) in [7, 11) is 0. The van der Waals surface area contributed by atoms with Crippen molar-refractivity contribution in [2.45, 2.75) is 40.3 Å². The third-order valence-electron chi connectivity index (χ3n) is 2.85. The molecule has 0 fully saturated rings. The zero-order valence-electron chi connectivity index (χ0n) is 12.0. The van der Waals surface area contributed by atoms with Gasteiger partial charge in [-0.1, -0.05) is 0 Å². The van der Waals surface area contributed by atoms with Crippen molar-refractivity contribution < 1.29 is 4.74 Å². The minimum Gasteiger partial charge on any atom is -0.491 e. The average Bonchev–Trinajstić information content (AvgIpc) is 2.66. The lowest BCUT2D eigenvalue weighted by molar-refractivity contribution is 0.242. The summed E-state index contributed by atoms with van der Waals surface area (Å²) in [5.41, 5.74) is 2.50. The molecule has 3 heteroatoms. The molecule has 2 aromatic rings. The second-order valence-corrected chi connectivity index (χ2v) is 6.44. The minimum absolute atomic E-state index is 0.218. The maximum Gasteiger partial charge on any atom is 0.119 e. The van der Waals surface area contributed by atoms with Crippen molar-refractivity contribution in [3.05, 3.63) is 45.6 Å². The number of anilines is 1. The van der Waals surface area contributed by atoms with Crippen LogP contribution in [0.15, 0.2) is 30.3 Å². The second-order valence-electron chi connectivity index (χ2n) is 4.98. The van der Waals surface area contributed by atoms with E-state index in [1.54, 1.807) is 0 Å². The SMILES string of the molecule is Cc1cc(CNc2ccc(OC(C)C)cc2)c(C)s1. The van der Waals surface area contributed by atoms with Crippen molar-refractivity contribution in [3.63, 3.8) is 0 Å². The Balaban J connectivity index is 1.94. The number of rotatable bonds is 5. The molecule has 102 valence electrons. The minimum atomic E-state index is 0.218. The lowest BCUT2D eigenvalue weighted by Gasteiger charge is -2.11. The fraction of sp³-hybridized carbons (Fsp3) is 0.375. The van der Waals surface area contributed by atoms with Crippen LogP contribution in [0.3, 0.4) is 0 Å². The number of nitrogens with one attached hydrogen (secondary N) is 1. The third-order valence-corrected chi connectivity index (χ3v) is 3.86. The van der Waals surface area contributed by atoms with E-state index in [4.69, 9.17) is 4.74 Å². The molecule has 0 atom stereocenters. The van der Waals surface area contributed by atoms with Gasteiger partial charge < -0.3 is 10.1 Å². The van der Waals surface area contributed by atoms with Crippen LogP contribution in [0.5, 0.6) is 5.75 Å². The molecule has 0 aliphatic heterocycles. The fourth-order valence-electron chi connectivity index (χ4n) is 1.98. The van der Waals surface area contributed by atoms with Crippen LogP contribution in [0.1, 0.15) is 29.2 Å². The Morgan fingerprint density at radius 3 is 2.37 bits per heavy atom. The molecular weight excluding hydrogens is 254 g/mol. The van der Waals surface area contributed by atoms with Crippen LogP contribution < -0.4 is 10.1 Å². The Bertz CT molecular complexity index is 528. The van der Waals surface area contributed by atoms with Crippen LogP contribution >= 0.6 is 11.3 Å². The van der Waals surface area contributed by atoms with Gasteiger partial charge in [0.2, 0.25) is 0 Å². The van der Waals surface area contributed by atoms with E-state index in [9.17, 15) is 0 Å². The van der Waals surface area contributed by atoms with Crippen LogP contribution in [0.25, 0.3) is 0 Å². The Kier molecular flexibility index (Phi) is 4.48. The first-order valence-electron chi connectivity index (χ1n) is 6.61. The Morgan fingerprint density at radius 2 is 1.84 bits per heavy atom. The van der Waals surface area contributed by atoms with Gasteiger partial charge in [-0.25, -0.2) is 0 Å². The molecule has 2 nitrogen and oxygen atoms in total. The summed E-state index contributed by atoms with van der Waals surface area (Å²) in [4.78, 5) is 2.76. The van der Waals surface area contributed by atoms with E-state index in [-0.39, 0.29) is 6.10 Å². The maximum absolute atomic E-state index is 5.63. The summed E-state index contributed by atoms with van der Waals surface area (Å²) in [6, 6.07) is 10.4. The van der Waals surface area contributed by atoms with Crippen LogP contribution in [0.2, 0.25) is 0 Å². The first-order chi connectivity index (χ1) is 9.04. The summed E-state index contributed by atoms with van der Waals surface area (Å²) in [6.45, 7) is 9.27. The highest BCUT2D eigenvalue weighted by Crippen LogP contribution is 2.22. The van der Waals surface area contributed by atoms with Gasteiger partial charge in [0.05, 0.1) is 6.10 Å². The summed E-state index contributed by atoms with van der Waals surface area (Å²) in [5.74, 6) is 0.920. The van der Waals surface area contributed by atoms with E-state index >= 15 is 0 Å². The third kappa shape index (κ3) is 4.00. The van der Waals surface area contributed by atoms with Gasteiger partial charge in [0, 0.05) is 22.0 Å². The van der Waals surface area contributed by atoms with Crippen molar-refractivity contribution in [2.24, 2.45) is 0 Å². The molecule has 2 rings (SSSR count). The highest BCUT2D eigenvalue weighted by Gasteiger charge is 2.03. The molecule has 0 saturated heterocycles. The van der Waals surface area contributed by atoms with Crippen molar-refractivity contribution >= 4 is 17.0 Å². The van der Waals surface area contributed by atoms with E-state index in [1.165, 1.54) is 15.3 Å². The molecule has 0 aliphatic carbocycles. The van der Waals surface area contributed by atoms with Crippen LogP contribution in [0.4, 0.5) is 5.69 Å². The van der Waals surface area contributed by atoms with Gasteiger partial charge in [0.25, 0.3) is 0 Å². The lowest BCUT2D eigenvalue weighted by atomic mass is 10.2. The summed E-state index contributed by atoms with van der Waals surface area (Å²) in [6.07, 6.45) is 0.218. The molecule has 0 bridgehead atoms. The maximum atomic E-state index is 5.63. The quantitative estimate of drug-likeness (QED) is 0.849. The first kappa shape index (κ1) is 13.9. The molecule has 0 spiro atoms. The highest BCUT2D eigenvalue weighted by molar-refractivity contribution is 7.12. The normalized spacial score (nSPS) is 10.8. The van der Waals surface area contributed by atoms with E-state index in [0.717, 1.165) is 18.0 Å². The Labute approximate surface area is 119 Å². The van der Waals surface area contributed by atoms with Crippen molar-refractivity contribution in [1.29, 1.82) is 0 Å².